The molecule has 1 aromatic rings. The van der Waals surface area contributed by atoms with Crippen LogP contribution in [0.25, 0.3) is 0 Å². The van der Waals surface area contributed by atoms with Crippen LogP contribution in [-0.2, 0) is 0 Å². The lowest BCUT2D eigenvalue weighted by Gasteiger charge is -2.13. The summed E-state index contributed by atoms with van der Waals surface area (Å²) >= 11 is 1.38. The SMILES string of the molecule is O=N[C@@H](/C1=C/CCNC/C(C(F)(F)F)=C\C1)c1cccs1. The summed E-state index contributed by atoms with van der Waals surface area (Å²) in [5, 5.41) is 7.68. The van der Waals surface area contributed by atoms with E-state index in [2.05, 4.69) is 10.5 Å². The zero-order chi connectivity index (χ0) is 15.3. The van der Waals surface area contributed by atoms with Crippen molar-refractivity contribution in [2.45, 2.75) is 25.1 Å². The standard InChI is InChI=1S/C14H15F3N2OS/c15-14(16,17)11-6-5-10(3-1-7-18-9-11)13(19-20)12-4-2-8-21-12/h2-4,6,8,13,18H,1,5,7,9H2/b10-3+,11-6+/t13-/m0/s1. The Kier molecular flexibility index (Phi) is 5.30. The first-order valence-corrected chi connectivity index (χ1v) is 7.42. The molecule has 0 spiro atoms. The number of nitrogens with zero attached hydrogens (tertiary/aromatic N) is 1. The maximum atomic E-state index is 12.9. The molecule has 0 amide bonds. The van der Waals surface area contributed by atoms with E-state index in [1.165, 1.54) is 11.3 Å². The minimum atomic E-state index is -4.35. The van der Waals surface area contributed by atoms with Crippen molar-refractivity contribution in [2.75, 3.05) is 13.1 Å². The van der Waals surface area contributed by atoms with Crippen LogP contribution in [0, 0.1) is 4.91 Å². The third-order valence-electron chi connectivity index (χ3n) is 3.26. The summed E-state index contributed by atoms with van der Waals surface area (Å²) < 4.78 is 38.6. The number of allylic oxidation sites excluding steroid dienone is 1. The molecule has 0 unspecified atom stereocenters. The van der Waals surface area contributed by atoms with E-state index in [4.69, 9.17) is 0 Å². The van der Waals surface area contributed by atoms with Gasteiger partial charge in [0.05, 0.1) is 0 Å². The maximum Gasteiger partial charge on any atom is 0.413 e. The number of hydrogen-bond donors (Lipinski definition) is 1. The van der Waals surface area contributed by atoms with Crippen LogP contribution in [0.5, 0.6) is 0 Å². The van der Waals surface area contributed by atoms with Gasteiger partial charge in [0.15, 0.2) is 0 Å². The van der Waals surface area contributed by atoms with Gasteiger partial charge in [-0.3, -0.25) is 0 Å². The van der Waals surface area contributed by atoms with Crippen molar-refractivity contribution in [3.8, 4) is 0 Å². The van der Waals surface area contributed by atoms with Gasteiger partial charge >= 0.3 is 6.18 Å². The molecule has 2 rings (SSSR count). The van der Waals surface area contributed by atoms with E-state index in [1.807, 2.05) is 11.5 Å². The number of rotatable bonds is 3. The average molecular weight is 316 g/mol. The Labute approximate surface area is 124 Å². The van der Waals surface area contributed by atoms with E-state index in [0.29, 0.717) is 18.5 Å². The van der Waals surface area contributed by atoms with Gasteiger partial charge in [-0.15, -0.1) is 16.2 Å². The number of hydrogen-bond acceptors (Lipinski definition) is 4. The van der Waals surface area contributed by atoms with Gasteiger partial charge < -0.3 is 5.32 Å². The number of nitroso groups, excluding NO2 is 1. The third-order valence-corrected chi connectivity index (χ3v) is 4.19. The summed E-state index contributed by atoms with van der Waals surface area (Å²) in [5.74, 6) is 0. The van der Waals surface area contributed by atoms with Gasteiger partial charge in [0.25, 0.3) is 0 Å². The minimum absolute atomic E-state index is 0.0881. The van der Waals surface area contributed by atoms with Gasteiger partial charge in [0, 0.05) is 17.0 Å². The number of nitrogens with one attached hydrogen (secondary N) is 1. The second kappa shape index (κ2) is 7.00. The molecule has 0 fully saturated rings. The summed E-state index contributed by atoms with van der Waals surface area (Å²) in [6.45, 7) is 0.232. The van der Waals surface area contributed by atoms with Crippen molar-refractivity contribution in [2.24, 2.45) is 5.18 Å². The number of halogens is 3. The molecular weight excluding hydrogens is 301 g/mol. The van der Waals surface area contributed by atoms with Crippen LogP contribution in [0.15, 0.2) is 46.0 Å². The Morgan fingerprint density at radius 1 is 1.33 bits per heavy atom. The van der Waals surface area contributed by atoms with Crippen LogP contribution >= 0.6 is 11.3 Å². The fourth-order valence-corrected chi connectivity index (χ4v) is 2.96. The van der Waals surface area contributed by atoms with Crippen molar-refractivity contribution in [3.63, 3.8) is 0 Å². The molecule has 1 aliphatic rings. The van der Waals surface area contributed by atoms with E-state index in [1.54, 1.807) is 12.1 Å². The van der Waals surface area contributed by atoms with Gasteiger partial charge in [-0.2, -0.15) is 13.2 Å². The zero-order valence-electron chi connectivity index (χ0n) is 11.2. The molecule has 1 aliphatic heterocycles. The second-order valence-corrected chi connectivity index (χ2v) is 5.68. The van der Waals surface area contributed by atoms with E-state index in [9.17, 15) is 18.1 Å². The van der Waals surface area contributed by atoms with E-state index in [0.717, 1.165) is 11.0 Å². The van der Waals surface area contributed by atoms with Crippen molar-refractivity contribution in [1.29, 1.82) is 0 Å². The van der Waals surface area contributed by atoms with Crippen molar-refractivity contribution >= 4 is 11.3 Å². The Morgan fingerprint density at radius 2 is 2.14 bits per heavy atom. The molecule has 1 atom stereocenters. The van der Waals surface area contributed by atoms with Crippen LogP contribution in [0.4, 0.5) is 13.2 Å². The molecule has 0 saturated heterocycles. The first-order valence-electron chi connectivity index (χ1n) is 6.54. The molecule has 3 nitrogen and oxygen atoms in total. The molecule has 0 aromatic carbocycles. The molecule has 0 saturated carbocycles. The first kappa shape index (κ1) is 15.9. The molecule has 2 heterocycles. The monoisotopic (exact) mass is 316 g/mol. The largest absolute Gasteiger partial charge is 0.413 e. The normalized spacial score (nSPS) is 23.8. The van der Waals surface area contributed by atoms with Gasteiger partial charge in [-0.1, -0.05) is 23.4 Å². The van der Waals surface area contributed by atoms with Crippen molar-refractivity contribution in [3.05, 3.63) is 50.6 Å². The molecule has 0 aliphatic carbocycles. The molecule has 21 heavy (non-hydrogen) atoms. The fourth-order valence-electron chi connectivity index (χ4n) is 2.17. The van der Waals surface area contributed by atoms with E-state index >= 15 is 0 Å². The summed E-state index contributed by atoms with van der Waals surface area (Å²) in [6.07, 6.45) is -0.726. The lowest BCUT2D eigenvalue weighted by molar-refractivity contribution is -0.0930. The first-order chi connectivity index (χ1) is 10.0. The highest BCUT2D eigenvalue weighted by atomic mass is 32.1. The molecule has 0 bridgehead atoms. The van der Waals surface area contributed by atoms with Crippen molar-refractivity contribution < 1.29 is 13.2 Å². The highest BCUT2D eigenvalue weighted by Crippen LogP contribution is 2.34. The minimum Gasteiger partial charge on any atom is -0.312 e. The van der Waals surface area contributed by atoms with Crippen LogP contribution in [0.3, 0.4) is 0 Å². The predicted octanol–water partition coefficient (Wildman–Crippen LogP) is 4.35. The molecule has 7 heteroatoms. The number of alkyl halides is 3. The lowest BCUT2D eigenvalue weighted by Crippen LogP contribution is -2.25. The quantitative estimate of drug-likeness (QED) is 0.665. The predicted molar refractivity (Wildman–Crippen MR) is 77.2 cm³/mol. The molecule has 1 aromatic heterocycles. The topological polar surface area (TPSA) is 41.5 Å². The lowest BCUT2D eigenvalue weighted by atomic mass is 10.00. The summed E-state index contributed by atoms with van der Waals surface area (Å²) in [5.41, 5.74) is 0.0176. The Bertz CT molecular complexity index is 535. The maximum absolute atomic E-state index is 12.9. The smallest absolute Gasteiger partial charge is 0.312 e. The van der Waals surface area contributed by atoms with Gasteiger partial charge in [0.2, 0.25) is 0 Å². The molecule has 1 N–H and O–H groups in total. The summed E-state index contributed by atoms with van der Waals surface area (Å²) in [6, 6.07) is 2.87. The molecular formula is C14H15F3N2OS. The number of thiophene rings is 1. The highest BCUT2D eigenvalue weighted by Gasteiger charge is 2.33. The molecule has 114 valence electrons. The van der Waals surface area contributed by atoms with Crippen molar-refractivity contribution in [1.82, 2.24) is 5.32 Å². The van der Waals surface area contributed by atoms with Crippen LogP contribution in [0.2, 0.25) is 0 Å². The van der Waals surface area contributed by atoms with Gasteiger partial charge in [-0.25, -0.2) is 0 Å². The fraction of sp³-hybridized carbons (Fsp3) is 0.429. The third kappa shape index (κ3) is 4.25. The zero-order valence-corrected chi connectivity index (χ0v) is 12.0. The van der Waals surface area contributed by atoms with Crippen LogP contribution in [-0.4, -0.2) is 19.3 Å². The van der Waals surface area contributed by atoms with Crippen LogP contribution < -0.4 is 5.32 Å². The van der Waals surface area contributed by atoms with Gasteiger partial charge in [-0.05, 0) is 36.4 Å². The summed E-state index contributed by atoms with van der Waals surface area (Å²) in [7, 11) is 0. The highest BCUT2D eigenvalue weighted by molar-refractivity contribution is 7.10. The van der Waals surface area contributed by atoms with Gasteiger partial charge in [0.1, 0.15) is 6.04 Å². The second-order valence-electron chi connectivity index (χ2n) is 4.70. The van der Waals surface area contributed by atoms with E-state index < -0.39 is 17.8 Å². The molecule has 0 radical (unpaired) electrons. The van der Waals surface area contributed by atoms with Crippen LogP contribution in [0.1, 0.15) is 23.8 Å². The van der Waals surface area contributed by atoms with E-state index in [-0.39, 0.29) is 13.0 Å². The Morgan fingerprint density at radius 3 is 2.76 bits per heavy atom. The average Bonchev–Trinajstić information content (AvgIpc) is 2.95. The summed E-state index contributed by atoms with van der Waals surface area (Å²) in [4.78, 5) is 11.9. The Hall–Kier alpha value is -1.47. The Balaban J connectivity index is 2.26.